The number of ether oxygens (including phenoxy) is 2. The van der Waals surface area contributed by atoms with Crippen LogP contribution in [0.4, 0.5) is 11.4 Å². The number of anilines is 2. The molecular formula is C22H27N3O4. The standard InChI is InChI=1S/C22H27N3O4/c1-24(2)12-13-25-19-15-17(10-11-20(19)29-16-22(25)27)23-21(26)9-6-14-28-18-7-4-3-5-8-18/h3-5,7-8,10-11,15H,6,9,12-14,16H2,1-2H3,(H,23,26). The highest BCUT2D eigenvalue weighted by Gasteiger charge is 2.25. The van der Waals surface area contributed by atoms with Crippen LogP contribution in [0.5, 0.6) is 11.5 Å². The average Bonchev–Trinajstić information content (AvgIpc) is 2.71. The van der Waals surface area contributed by atoms with Gasteiger partial charge in [0.25, 0.3) is 5.91 Å². The SMILES string of the molecule is CN(C)CCN1C(=O)COc2ccc(NC(=O)CCCOc3ccccc3)cc21. The molecule has 1 aliphatic rings. The molecule has 2 aromatic rings. The van der Waals surface area contributed by atoms with Crippen LogP contribution in [0.2, 0.25) is 0 Å². The fourth-order valence-corrected chi connectivity index (χ4v) is 2.99. The van der Waals surface area contributed by atoms with Crippen molar-refractivity contribution in [3.8, 4) is 11.5 Å². The van der Waals surface area contributed by atoms with Gasteiger partial charge < -0.3 is 24.6 Å². The number of carbonyl (C=O) groups excluding carboxylic acids is 2. The van der Waals surface area contributed by atoms with Crippen molar-refractivity contribution in [1.82, 2.24) is 4.90 Å². The largest absolute Gasteiger partial charge is 0.494 e. The highest BCUT2D eigenvalue weighted by molar-refractivity contribution is 5.99. The van der Waals surface area contributed by atoms with E-state index in [0.29, 0.717) is 43.1 Å². The Morgan fingerprint density at radius 1 is 1.21 bits per heavy atom. The topological polar surface area (TPSA) is 71.1 Å². The average molecular weight is 397 g/mol. The third kappa shape index (κ3) is 5.96. The highest BCUT2D eigenvalue weighted by Crippen LogP contribution is 2.34. The lowest BCUT2D eigenvalue weighted by atomic mass is 10.2. The number of benzene rings is 2. The number of nitrogens with zero attached hydrogens (tertiary/aromatic N) is 2. The van der Waals surface area contributed by atoms with Gasteiger partial charge in [-0.15, -0.1) is 0 Å². The van der Waals surface area contributed by atoms with E-state index in [4.69, 9.17) is 9.47 Å². The van der Waals surface area contributed by atoms with Gasteiger partial charge in [-0.1, -0.05) is 18.2 Å². The fraction of sp³-hybridized carbons (Fsp3) is 0.364. The van der Waals surface area contributed by atoms with Gasteiger partial charge in [-0.05, 0) is 50.8 Å². The first-order valence-corrected chi connectivity index (χ1v) is 9.72. The molecule has 0 saturated carbocycles. The van der Waals surface area contributed by atoms with Crippen molar-refractivity contribution in [3.63, 3.8) is 0 Å². The van der Waals surface area contributed by atoms with Crippen LogP contribution in [0, 0.1) is 0 Å². The lowest BCUT2D eigenvalue weighted by molar-refractivity contribution is -0.121. The van der Waals surface area contributed by atoms with Gasteiger partial charge in [-0.2, -0.15) is 0 Å². The predicted molar refractivity (Wildman–Crippen MR) is 113 cm³/mol. The van der Waals surface area contributed by atoms with E-state index in [0.717, 1.165) is 12.3 Å². The molecule has 154 valence electrons. The number of carbonyl (C=O) groups is 2. The molecule has 3 rings (SSSR count). The number of amides is 2. The van der Waals surface area contributed by atoms with E-state index in [1.165, 1.54) is 0 Å². The summed E-state index contributed by atoms with van der Waals surface area (Å²) < 4.78 is 11.1. The van der Waals surface area contributed by atoms with Crippen LogP contribution in [0.3, 0.4) is 0 Å². The number of hydrogen-bond acceptors (Lipinski definition) is 5. The fourth-order valence-electron chi connectivity index (χ4n) is 2.99. The Morgan fingerprint density at radius 2 is 2.00 bits per heavy atom. The number of rotatable bonds is 9. The molecule has 0 saturated heterocycles. The van der Waals surface area contributed by atoms with Crippen molar-refractivity contribution < 1.29 is 19.1 Å². The monoisotopic (exact) mass is 397 g/mol. The molecule has 0 bridgehead atoms. The van der Waals surface area contributed by atoms with E-state index < -0.39 is 0 Å². The minimum absolute atomic E-state index is 0.0353. The van der Waals surface area contributed by atoms with Crippen LogP contribution in [-0.4, -0.2) is 57.1 Å². The smallest absolute Gasteiger partial charge is 0.265 e. The maximum Gasteiger partial charge on any atom is 0.265 e. The van der Waals surface area contributed by atoms with Crippen molar-refractivity contribution in [1.29, 1.82) is 0 Å². The molecular weight excluding hydrogens is 370 g/mol. The lowest BCUT2D eigenvalue weighted by Crippen LogP contribution is -2.42. The third-order valence-corrected chi connectivity index (χ3v) is 4.52. The van der Waals surface area contributed by atoms with Crippen LogP contribution < -0.4 is 19.7 Å². The maximum absolute atomic E-state index is 12.3. The highest BCUT2D eigenvalue weighted by atomic mass is 16.5. The van der Waals surface area contributed by atoms with E-state index in [1.807, 2.05) is 49.3 Å². The summed E-state index contributed by atoms with van der Waals surface area (Å²) in [5.74, 6) is 1.27. The van der Waals surface area contributed by atoms with Crippen LogP contribution in [0.25, 0.3) is 0 Å². The molecule has 0 spiro atoms. The van der Waals surface area contributed by atoms with Crippen molar-refractivity contribution >= 4 is 23.2 Å². The number of hydrogen-bond donors (Lipinski definition) is 1. The summed E-state index contributed by atoms with van der Waals surface area (Å²) in [5, 5.41) is 2.89. The zero-order valence-electron chi connectivity index (χ0n) is 16.9. The Bertz CT molecular complexity index is 839. The van der Waals surface area contributed by atoms with Crippen molar-refractivity contribution in [2.24, 2.45) is 0 Å². The summed E-state index contributed by atoms with van der Waals surface area (Å²) in [5.41, 5.74) is 1.33. The van der Waals surface area contributed by atoms with Gasteiger partial charge in [-0.3, -0.25) is 9.59 Å². The van der Waals surface area contributed by atoms with Crippen LogP contribution in [0.1, 0.15) is 12.8 Å². The Hall–Kier alpha value is -3.06. The Kier molecular flexibility index (Phi) is 7.08. The quantitative estimate of drug-likeness (QED) is 0.659. The first-order chi connectivity index (χ1) is 14.0. The summed E-state index contributed by atoms with van der Waals surface area (Å²) >= 11 is 0. The normalized spacial score (nSPS) is 13.1. The van der Waals surface area contributed by atoms with Gasteiger partial charge in [0.15, 0.2) is 6.61 Å². The lowest BCUT2D eigenvalue weighted by Gasteiger charge is -2.30. The zero-order chi connectivity index (χ0) is 20.6. The summed E-state index contributed by atoms with van der Waals surface area (Å²) in [6, 6.07) is 14.9. The molecule has 1 heterocycles. The van der Waals surface area contributed by atoms with E-state index in [1.54, 1.807) is 23.1 Å². The Morgan fingerprint density at radius 3 is 2.76 bits per heavy atom. The second kappa shape index (κ2) is 9.93. The first kappa shape index (κ1) is 20.7. The summed E-state index contributed by atoms with van der Waals surface area (Å²) in [4.78, 5) is 28.3. The van der Waals surface area contributed by atoms with Gasteiger partial charge >= 0.3 is 0 Å². The predicted octanol–water partition coefficient (Wildman–Crippen LogP) is 2.77. The summed E-state index contributed by atoms with van der Waals surface area (Å²) in [6.45, 7) is 1.81. The molecule has 0 atom stereocenters. The van der Waals surface area contributed by atoms with Gasteiger partial charge in [0.05, 0.1) is 12.3 Å². The Labute approximate surface area is 171 Å². The van der Waals surface area contributed by atoms with E-state index in [9.17, 15) is 9.59 Å². The maximum atomic E-state index is 12.3. The molecule has 0 aromatic heterocycles. The molecule has 7 nitrogen and oxygen atoms in total. The third-order valence-electron chi connectivity index (χ3n) is 4.52. The van der Waals surface area contributed by atoms with Crippen LogP contribution in [0.15, 0.2) is 48.5 Å². The van der Waals surface area contributed by atoms with Crippen molar-refractivity contribution in [3.05, 3.63) is 48.5 Å². The number of fused-ring (bicyclic) bond motifs is 1. The molecule has 0 unspecified atom stereocenters. The molecule has 0 aliphatic carbocycles. The number of nitrogens with one attached hydrogen (secondary N) is 1. The summed E-state index contributed by atoms with van der Waals surface area (Å²) in [7, 11) is 3.92. The second-order valence-corrected chi connectivity index (χ2v) is 7.13. The summed E-state index contributed by atoms with van der Waals surface area (Å²) in [6.07, 6.45) is 0.964. The number of para-hydroxylation sites is 1. The van der Waals surface area contributed by atoms with E-state index >= 15 is 0 Å². The Balaban J connectivity index is 1.54. The minimum Gasteiger partial charge on any atom is -0.494 e. The molecule has 7 heteroatoms. The van der Waals surface area contributed by atoms with Gasteiger partial charge in [-0.25, -0.2) is 0 Å². The molecule has 1 N–H and O–H groups in total. The number of likely N-dealkylation sites (N-methyl/N-ethyl adjacent to an activating group) is 1. The van der Waals surface area contributed by atoms with Crippen LogP contribution >= 0.6 is 0 Å². The van der Waals surface area contributed by atoms with Crippen molar-refractivity contribution in [2.75, 3.05) is 50.6 Å². The molecule has 29 heavy (non-hydrogen) atoms. The van der Waals surface area contributed by atoms with Gasteiger partial charge in [0.2, 0.25) is 5.91 Å². The van der Waals surface area contributed by atoms with Gasteiger partial charge in [0.1, 0.15) is 11.5 Å². The zero-order valence-corrected chi connectivity index (χ0v) is 16.9. The first-order valence-electron chi connectivity index (χ1n) is 9.72. The van der Waals surface area contributed by atoms with Crippen LogP contribution in [-0.2, 0) is 9.59 Å². The van der Waals surface area contributed by atoms with Crippen molar-refractivity contribution in [2.45, 2.75) is 12.8 Å². The molecule has 2 amide bonds. The minimum atomic E-state index is -0.0930. The molecule has 0 radical (unpaired) electrons. The molecule has 2 aromatic carbocycles. The van der Waals surface area contributed by atoms with E-state index in [2.05, 4.69) is 5.32 Å². The van der Waals surface area contributed by atoms with Gasteiger partial charge in [0, 0.05) is 25.2 Å². The van der Waals surface area contributed by atoms with E-state index in [-0.39, 0.29) is 18.4 Å². The molecule has 1 aliphatic heterocycles. The molecule has 0 fully saturated rings. The second-order valence-electron chi connectivity index (χ2n) is 7.13.